The van der Waals surface area contributed by atoms with E-state index in [0.717, 1.165) is 31.7 Å². The molecule has 1 fully saturated rings. The largest absolute Gasteiger partial charge is 0.474 e. The Morgan fingerprint density at radius 3 is 2.69 bits per heavy atom. The molecule has 0 unspecified atom stereocenters. The van der Waals surface area contributed by atoms with Crippen LogP contribution in [0.3, 0.4) is 0 Å². The van der Waals surface area contributed by atoms with Gasteiger partial charge in [-0.25, -0.2) is 14.4 Å². The number of carbonyl (C=O) groups is 1. The molecule has 4 rings (SSSR count). The quantitative estimate of drug-likeness (QED) is 0.310. The van der Waals surface area contributed by atoms with Crippen LogP contribution in [0.5, 0.6) is 5.88 Å². The van der Waals surface area contributed by atoms with Crippen molar-refractivity contribution < 1.29 is 18.7 Å². The lowest BCUT2D eigenvalue weighted by molar-refractivity contribution is 0.100. The van der Waals surface area contributed by atoms with Crippen LogP contribution in [-0.2, 0) is 4.74 Å². The van der Waals surface area contributed by atoms with Crippen LogP contribution in [0, 0.1) is 5.82 Å². The number of amides is 1. The average Bonchev–Trinajstić information content (AvgIpc) is 3.38. The Hall–Kier alpha value is -3.84. The molecule has 3 aromatic rings. The van der Waals surface area contributed by atoms with Gasteiger partial charge in [0.05, 0.1) is 36.4 Å². The number of anilines is 3. The van der Waals surface area contributed by atoms with E-state index in [4.69, 9.17) is 20.9 Å². The van der Waals surface area contributed by atoms with Crippen molar-refractivity contribution in [3.63, 3.8) is 0 Å². The van der Waals surface area contributed by atoms with Crippen LogP contribution in [0.15, 0.2) is 30.7 Å². The van der Waals surface area contributed by atoms with Crippen LogP contribution in [0.4, 0.5) is 21.7 Å². The van der Waals surface area contributed by atoms with E-state index in [1.54, 1.807) is 13.2 Å². The summed E-state index contributed by atoms with van der Waals surface area (Å²) >= 11 is 0. The topological polar surface area (TPSA) is 168 Å². The van der Waals surface area contributed by atoms with E-state index in [-0.39, 0.29) is 41.8 Å². The van der Waals surface area contributed by atoms with Gasteiger partial charge in [0.25, 0.3) is 5.91 Å². The molecule has 3 heterocycles. The summed E-state index contributed by atoms with van der Waals surface area (Å²) in [4.78, 5) is 22.0. The van der Waals surface area contributed by atoms with E-state index in [1.165, 1.54) is 23.4 Å². The van der Waals surface area contributed by atoms with Crippen molar-refractivity contribution in [1.82, 2.24) is 25.0 Å². The minimum absolute atomic E-state index is 0.0127. The highest BCUT2D eigenvalue weighted by atomic mass is 19.1. The molecule has 2 atom stereocenters. The summed E-state index contributed by atoms with van der Waals surface area (Å²) in [5, 5.41) is 14.4. The highest BCUT2D eigenvalue weighted by molar-refractivity contribution is 5.98. The van der Waals surface area contributed by atoms with Gasteiger partial charge in [-0.05, 0) is 25.0 Å². The van der Waals surface area contributed by atoms with Gasteiger partial charge in [0.2, 0.25) is 5.88 Å². The van der Waals surface area contributed by atoms with E-state index >= 15 is 0 Å². The first-order valence-electron chi connectivity index (χ1n) is 11.2. The zero-order valence-corrected chi connectivity index (χ0v) is 19.3. The predicted molar refractivity (Wildman–Crippen MR) is 126 cm³/mol. The maximum atomic E-state index is 14.8. The smallest absolute Gasteiger partial charge is 0.252 e. The molecule has 12 nitrogen and oxygen atoms in total. The molecule has 35 heavy (non-hydrogen) atoms. The van der Waals surface area contributed by atoms with Crippen LogP contribution >= 0.6 is 0 Å². The molecule has 0 saturated heterocycles. The number of methoxy groups -OCH3 is 1. The van der Waals surface area contributed by atoms with E-state index < -0.39 is 11.7 Å². The van der Waals surface area contributed by atoms with Gasteiger partial charge >= 0.3 is 0 Å². The normalized spacial score (nSPS) is 17.7. The van der Waals surface area contributed by atoms with E-state index in [1.807, 2.05) is 0 Å². The first-order chi connectivity index (χ1) is 17.0. The van der Waals surface area contributed by atoms with Gasteiger partial charge in [0.1, 0.15) is 18.1 Å². The van der Waals surface area contributed by atoms with Crippen molar-refractivity contribution in [2.75, 3.05) is 31.0 Å². The van der Waals surface area contributed by atoms with E-state index in [0.29, 0.717) is 18.0 Å². The number of ether oxygens (including phenoxy) is 2. The first kappa shape index (κ1) is 24.3. The molecule has 1 saturated carbocycles. The van der Waals surface area contributed by atoms with Crippen LogP contribution in [-0.4, -0.2) is 63.3 Å². The second kappa shape index (κ2) is 11.1. The van der Waals surface area contributed by atoms with Crippen molar-refractivity contribution in [1.29, 1.82) is 0 Å². The Balaban J connectivity index is 1.65. The SMILES string of the molecule is COCCOc1ncc(Nc2nc(N[C@@H]3CCCC[C@@H]3N)c(F)cc2C(N)=O)cc1-n1nccn1. The van der Waals surface area contributed by atoms with Crippen molar-refractivity contribution in [3.05, 3.63) is 42.1 Å². The Morgan fingerprint density at radius 2 is 1.97 bits per heavy atom. The lowest BCUT2D eigenvalue weighted by Gasteiger charge is -2.30. The second-order valence-corrected chi connectivity index (χ2v) is 8.11. The minimum Gasteiger partial charge on any atom is -0.474 e. The Morgan fingerprint density at radius 1 is 1.20 bits per heavy atom. The minimum atomic E-state index is -0.832. The predicted octanol–water partition coefficient (Wildman–Crippen LogP) is 1.75. The second-order valence-electron chi connectivity index (χ2n) is 8.11. The Kier molecular flexibility index (Phi) is 7.67. The molecule has 0 radical (unpaired) electrons. The van der Waals surface area contributed by atoms with Crippen molar-refractivity contribution in [3.8, 4) is 11.6 Å². The number of nitrogens with zero attached hydrogens (tertiary/aromatic N) is 5. The summed E-state index contributed by atoms with van der Waals surface area (Å²) in [6.07, 6.45) is 8.19. The maximum absolute atomic E-state index is 14.8. The molecule has 0 bridgehead atoms. The lowest BCUT2D eigenvalue weighted by Crippen LogP contribution is -2.43. The molecule has 0 aromatic carbocycles. The summed E-state index contributed by atoms with van der Waals surface area (Å²) in [5.41, 5.74) is 12.4. The van der Waals surface area contributed by atoms with Gasteiger partial charge in [-0.2, -0.15) is 10.2 Å². The summed E-state index contributed by atoms with van der Waals surface area (Å²) in [6.45, 7) is 0.643. The summed E-state index contributed by atoms with van der Waals surface area (Å²) in [5.74, 6) is -1.19. The number of nitrogens with one attached hydrogen (secondary N) is 2. The molecule has 0 aliphatic heterocycles. The van der Waals surface area contributed by atoms with Gasteiger partial charge in [0, 0.05) is 19.2 Å². The Bertz CT molecular complexity index is 1160. The zero-order valence-electron chi connectivity index (χ0n) is 19.3. The number of hydrogen-bond acceptors (Lipinski definition) is 10. The van der Waals surface area contributed by atoms with Crippen LogP contribution in [0.25, 0.3) is 5.69 Å². The highest BCUT2D eigenvalue weighted by Crippen LogP contribution is 2.29. The molecule has 1 aliphatic carbocycles. The zero-order chi connectivity index (χ0) is 24.8. The van der Waals surface area contributed by atoms with Crippen molar-refractivity contribution in [2.24, 2.45) is 11.5 Å². The summed E-state index contributed by atoms with van der Waals surface area (Å²) in [7, 11) is 1.57. The molecule has 3 aromatic heterocycles. The third-order valence-electron chi connectivity index (χ3n) is 5.64. The first-order valence-corrected chi connectivity index (χ1v) is 11.2. The molecule has 186 valence electrons. The summed E-state index contributed by atoms with van der Waals surface area (Å²) in [6, 6.07) is 2.48. The standard InChI is InChI=1S/C22H28FN9O3/c1-34-8-9-35-22-18(32-27-6-7-28-32)10-13(12-26-22)29-20-14(19(25)33)11-15(23)21(31-20)30-17-5-3-2-4-16(17)24/h6-7,10-12,16-17H,2-5,8-9,24H2,1H3,(H2,25,33)(H2,29,30,31)/t16-,17+/m0/s1. The fourth-order valence-corrected chi connectivity index (χ4v) is 3.85. The third kappa shape index (κ3) is 5.81. The van der Waals surface area contributed by atoms with Crippen molar-refractivity contribution >= 4 is 23.2 Å². The molecule has 6 N–H and O–H groups in total. The third-order valence-corrected chi connectivity index (χ3v) is 5.64. The van der Waals surface area contributed by atoms with Gasteiger partial charge < -0.3 is 31.6 Å². The molecule has 1 amide bonds. The van der Waals surface area contributed by atoms with E-state index in [2.05, 4.69) is 30.8 Å². The number of pyridine rings is 2. The molecule has 0 spiro atoms. The number of hydrogen-bond donors (Lipinski definition) is 4. The van der Waals surface area contributed by atoms with Gasteiger partial charge in [-0.15, -0.1) is 4.80 Å². The maximum Gasteiger partial charge on any atom is 0.252 e. The molecule has 1 aliphatic rings. The van der Waals surface area contributed by atoms with Gasteiger partial charge in [-0.1, -0.05) is 12.8 Å². The number of carbonyl (C=O) groups excluding carboxylic acids is 1. The highest BCUT2D eigenvalue weighted by Gasteiger charge is 2.24. The summed E-state index contributed by atoms with van der Waals surface area (Å²) < 4.78 is 25.5. The van der Waals surface area contributed by atoms with E-state index in [9.17, 15) is 9.18 Å². The van der Waals surface area contributed by atoms with Crippen LogP contribution < -0.4 is 26.8 Å². The van der Waals surface area contributed by atoms with Gasteiger partial charge in [-0.3, -0.25) is 4.79 Å². The number of halogens is 1. The Labute approximate surface area is 201 Å². The number of primary amides is 1. The van der Waals surface area contributed by atoms with Crippen LogP contribution in [0.1, 0.15) is 36.0 Å². The molecular weight excluding hydrogens is 457 g/mol. The fraction of sp³-hybridized carbons (Fsp3) is 0.409. The van der Waals surface area contributed by atoms with Crippen LogP contribution in [0.2, 0.25) is 0 Å². The number of nitrogens with two attached hydrogens (primary N) is 2. The number of aromatic nitrogens is 5. The fourth-order valence-electron chi connectivity index (χ4n) is 3.85. The number of rotatable bonds is 10. The molecule has 13 heteroatoms. The monoisotopic (exact) mass is 485 g/mol. The molecular formula is C22H28FN9O3. The van der Waals surface area contributed by atoms with Crippen molar-refractivity contribution in [2.45, 2.75) is 37.8 Å². The lowest BCUT2D eigenvalue weighted by atomic mass is 9.91. The average molecular weight is 486 g/mol. The van der Waals surface area contributed by atoms with Gasteiger partial charge in [0.15, 0.2) is 11.6 Å².